The maximum absolute atomic E-state index is 9.81. The van der Waals surface area contributed by atoms with Crippen LogP contribution in [-0.4, -0.2) is 5.11 Å². The van der Waals surface area contributed by atoms with E-state index in [0.717, 1.165) is 28.2 Å². The van der Waals surface area contributed by atoms with E-state index >= 15 is 0 Å². The number of anilines is 3. The fraction of sp³-hybridized carbons (Fsp3) is 0. The van der Waals surface area contributed by atoms with E-state index in [9.17, 15) is 5.11 Å². The second kappa shape index (κ2) is 8.83. The van der Waals surface area contributed by atoms with Gasteiger partial charge in [0.1, 0.15) is 5.75 Å². The van der Waals surface area contributed by atoms with Gasteiger partial charge < -0.3 is 10.0 Å². The first-order valence-electron chi connectivity index (χ1n) is 10.7. The van der Waals surface area contributed by atoms with Gasteiger partial charge in [0.2, 0.25) is 0 Å². The molecule has 0 unspecified atom stereocenters. The monoisotopic (exact) mass is 413 g/mol. The molecule has 0 aliphatic heterocycles. The van der Waals surface area contributed by atoms with Crippen LogP contribution in [0.15, 0.2) is 133 Å². The van der Waals surface area contributed by atoms with Gasteiger partial charge >= 0.3 is 0 Å². The fourth-order valence-corrected chi connectivity index (χ4v) is 3.95. The number of benzene rings is 5. The summed E-state index contributed by atoms with van der Waals surface area (Å²) in [6.07, 6.45) is 0. The molecule has 0 amide bonds. The first-order chi connectivity index (χ1) is 15.8. The summed E-state index contributed by atoms with van der Waals surface area (Å²) in [4.78, 5) is 2.25. The Morgan fingerprint density at radius 3 is 1.38 bits per heavy atom. The second-order valence-corrected chi connectivity index (χ2v) is 7.68. The van der Waals surface area contributed by atoms with Gasteiger partial charge in [-0.1, -0.05) is 84.9 Å². The average molecular weight is 414 g/mol. The highest BCUT2D eigenvalue weighted by atomic mass is 16.3. The Kier molecular flexibility index (Phi) is 5.42. The first-order valence-corrected chi connectivity index (χ1v) is 10.7. The van der Waals surface area contributed by atoms with Gasteiger partial charge in [0.05, 0.1) is 0 Å². The minimum atomic E-state index is 0.274. The number of phenolic OH excluding ortho intramolecular Hbond substituents is 1. The second-order valence-electron chi connectivity index (χ2n) is 7.68. The van der Waals surface area contributed by atoms with Gasteiger partial charge in [-0.2, -0.15) is 0 Å². The van der Waals surface area contributed by atoms with Gasteiger partial charge in [-0.05, 0) is 70.8 Å². The molecule has 32 heavy (non-hydrogen) atoms. The summed E-state index contributed by atoms with van der Waals surface area (Å²) < 4.78 is 0. The number of nitrogens with zero attached hydrogens (tertiary/aromatic N) is 1. The largest absolute Gasteiger partial charge is 0.508 e. The van der Waals surface area contributed by atoms with Crippen molar-refractivity contribution in [2.45, 2.75) is 0 Å². The number of aromatic hydroxyl groups is 1. The highest BCUT2D eigenvalue weighted by Crippen LogP contribution is 2.36. The van der Waals surface area contributed by atoms with Crippen molar-refractivity contribution < 1.29 is 5.11 Å². The first kappa shape index (κ1) is 19.7. The van der Waals surface area contributed by atoms with Gasteiger partial charge in [-0.25, -0.2) is 0 Å². The summed E-state index contributed by atoms with van der Waals surface area (Å²) in [5.74, 6) is 0.274. The van der Waals surface area contributed by atoms with Gasteiger partial charge in [-0.15, -0.1) is 0 Å². The topological polar surface area (TPSA) is 23.5 Å². The summed E-state index contributed by atoms with van der Waals surface area (Å²) in [6.45, 7) is 0. The molecule has 5 aromatic rings. The lowest BCUT2D eigenvalue weighted by atomic mass is 10.0. The van der Waals surface area contributed by atoms with Crippen molar-refractivity contribution in [1.29, 1.82) is 0 Å². The summed E-state index contributed by atoms with van der Waals surface area (Å²) >= 11 is 0. The molecule has 5 rings (SSSR count). The zero-order chi connectivity index (χ0) is 21.8. The van der Waals surface area contributed by atoms with Gasteiger partial charge in [0.25, 0.3) is 0 Å². The number of hydrogen-bond donors (Lipinski definition) is 1. The maximum Gasteiger partial charge on any atom is 0.116 e. The van der Waals surface area contributed by atoms with Crippen LogP contribution in [0.3, 0.4) is 0 Å². The zero-order valence-electron chi connectivity index (χ0n) is 17.6. The molecule has 2 nitrogen and oxygen atoms in total. The molecule has 0 spiro atoms. The fourth-order valence-electron chi connectivity index (χ4n) is 3.95. The van der Waals surface area contributed by atoms with Crippen molar-refractivity contribution in [3.05, 3.63) is 133 Å². The van der Waals surface area contributed by atoms with Crippen LogP contribution < -0.4 is 4.90 Å². The Morgan fingerprint density at radius 1 is 0.375 bits per heavy atom. The molecule has 1 N–H and O–H groups in total. The van der Waals surface area contributed by atoms with E-state index in [1.165, 1.54) is 11.1 Å². The molecule has 154 valence electrons. The van der Waals surface area contributed by atoms with Crippen LogP contribution in [0.2, 0.25) is 0 Å². The van der Waals surface area contributed by atoms with E-state index in [0.29, 0.717) is 0 Å². The van der Waals surface area contributed by atoms with Gasteiger partial charge in [-0.3, -0.25) is 0 Å². The number of phenols is 1. The lowest BCUT2D eigenvalue weighted by Gasteiger charge is -2.26. The Labute approximate surface area is 188 Å². The minimum Gasteiger partial charge on any atom is -0.508 e. The highest BCUT2D eigenvalue weighted by molar-refractivity contribution is 5.79. The van der Waals surface area contributed by atoms with Crippen LogP contribution in [0.4, 0.5) is 17.1 Å². The molecule has 0 bridgehead atoms. The molecular formula is C30H23NO. The molecule has 2 heteroatoms. The zero-order valence-corrected chi connectivity index (χ0v) is 17.6. The van der Waals surface area contributed by atoms with Crippen LogP contribution >= 0.6 is 0 Å². The third kappa shape index (κ3) is 4.12. The summed E-state index contributed by atoms with van der Waals surface area (Å²) in [5, 5.41) is 9.81. The normalized spacial score (nSPS) is 10.6. The summed E-state index contributed by atoms with van der Waals surface area (Å²) in [7, 11) is 0. The van der Waals surface area contributed by atoms with E-state index < -0.39 is 0 Å². The molecule has 0 saturated heterocycles. The predicted octanol–water partition coefficient (Wildman–Crippen LogP) is 8.20. The smallest absolute Gasteiger partial charge is 0.116 e. The molecule has 0 atom stereocenters. The van der Waals surface area contributed by atoms with E-state index in [4.69, 9.17) is 0 Å². The average Bonchev–Trinajstić information content (AvgIpc) is 2.86. The van der Waals surface area contributed by atoms with Crippen LogP contribution in [0, 0.1) is 0 Å². The van der Waals surface area contributed by atoms with E-state index in [1.54, 1.807) is 12.1 Å². The van der Waals surface area contributed by atoms with Crippen LogP contribution in [0.25, 0.3) is 22.3 Å². The third-order valence-corrected chi connectivity index (χ3v) is 5.55. The summed E-state index contributed by atoms with van der Waals surface area (Å²) in [6, 6.07) is 45.3. The number of rotatable bonds is 5. The van der Waals surface area contributed by atoms with Crippen molar-refractivity contribution >= 4 is 17.1 Å². The quantitative estimate of drug-likeness (QED) is 0.314. The molecule has 0 aliphatic rings. The molecule has 0 fully saturated rings. The van der Waals surface area contributed by atoms with Crippen molar-refractivity contribution in [3.8, 4) is 28.0 Å². The SMILES string of the molecule is Oc1cccc(-c2ccc(N(c3ccccc3)c3ccc(-c4ccccc4)cc3)cc2)c1. The Balaban J connectivity index is 1.52. The van der Waals surface area contributed by atoms with Crippen LogP contribution in [0.5, 0.6) is 5.75 Å². The van der Waals surface area contributed by atoms with Crippen LogP contribution in [-0.2, 0) is 0 Å². The van der Waals surface area contributed by atoms with Gasteiger partial charge in [0, 0.05) is 17.1 Å². The Bertz CT molecular complexity index is 1290. The predicted molar refractivity (Wildman–Crippen MR) is 134 cm³/mol. The molecule has 5 aromatic carbocycles. The van der Waals surface area contributed by atoms with Crippen molar-refractivity contribution in [2.75, 3.05) is 4.90 Å². The molecule has 0 heterocycles. The highest BCUT2D eigenvalue weighted by Gasteiger charge is 2.12. The molecule has 0 radical (unpaired) electrons. The van der Waals surface area contributed by atoms with E-state index in [-0.39, 0.29) is 5.75 Å². The minimum absolute atomic E-state index is 0.274. The third-order valence-electron chi connectivity index (χ3n) is 5.55. The maximum atomic E-state index is 9.81. The summed E-state index contributed by atoms with van der Waals surface area (Å²) in [5.41, 5.74) is 7.74. The van der Waals surface area contributed by atoms with Crippen molar-refractivity contribution in [2.24, 2.45) is 0 Å². The molecule has 0 aromatic heterocycles. The van der Waals surface area contributed by atoms with Crippen molar-refractivity contribution in [1.82, 2.24) is 0 Å². The number of hydrogen-bond acceptors (Lipinski definition) is 2. The molecular weight excluding hydrogens is 390 g/mol. The number of para-hydroxylation sites is 1. The molecule has 0 saturated carbocycles. The Morgan fingerprint density at radius 2 is 0.812 bits per heavy atom. The van der Waals surface area contributed by atoms with E-state index in [2.05, 4.69) is 102 Å². The van der Waals surface area contributed by atoms with Crippen molar-refractivity contribution in [3.63, 3.8) is 0 Å². The van der Waals surface area contributed by atoms with Crippen LogP contribution in [0.1, 0.15) is 0 Å². The lowest BCUT2D eigenvalue weighted by Crippen LogP contribution is -2.09. The standard InChI is InChI=1S/C30H23NO/c32-30-13-7-10-26(22-30)25-16-20-29(21-17-25)31(27-11-5-2-6-12-27)28-18-14-24(15-19-28)23-8-3-1-4-9-23/h1-22,32H. The molecule has 0 aliphatic carbocycles. The van der Waals surface area contributed by atoms with E-state index in [1.807, 2.05) is 24.3 Å². The van der Waals surface area contributed by atoms with Gasteiger partial charge in [0.15, 0.2) is 0 Å². The Hall–Kier alpha value is -4.30. The lowest BCUT2D eigenvalue weighted by molar-refractivity contribution is 0.475.